The van der Waals surface area contributed by atoms with E-state index in [4.69, 9.17) is 0 Å². The zero-order valence-electron chi connectivity index (χ0n) is 8.36. The van der Waals surface area contributed by atoms with Gasteiger partial charge in [-0.05, 0) is 29.8 Å². The van der Waals surface area contributed by atoms with Crippen molar-refractivity contribution in [1.29, 1.82) is 0 Å². The summed E-state index contributed by atoms with van der Waals surface area (Å²) in [5.41, 5.74) is 1.19. The molecule has 0 aliphatic carbocycles. The van der Waals surface area contributed by atoms with Crippen molar-refractivity contribution in [2.24, 2.45) is 0 Å². The lowest BCUT2D eigenvalue weighted by Gasteiger charge is -1.89. The van der Waals surface area contributed by atoms with E-state index in [-0.39, 0.29) is 21.2 Å². The maximum absolute atomic E-state index is 3.75. The summed E-state index contributed by atoms with van der Waals surface area (Å²) < 4.78 is 2.91. The van der Waals surface area contributed by atoms with Gasteiger partial charge in [0.2, 0.25) is 0 Å². The molecular weight excluding hydrogens is 295 g/mol. The third-order valence-corrected chi connectivity index (χ3v) is 4.74. The molecule has 0 unspecified atom stereocenters. The van der Waals surface area contributed by atoms with Gasteiger partial charge in [-0.3, -0.25) is 0 Å². The molecule has 0 amide bonds. The molecule has 1 heteroatoms. The zero-order chi connectivity index (χ0) is 10.5. The molecule has 0 radical (unpaired) electrons. The minimum atomic E-state index is -0.0237. The fraction of sp³-hybridized carbons (Fsp3) is 0. The third-order valence-electron chi connectivity index (χ3n) is 2.06. The second-order valence-electron chi connectivity index (χ2n) is 3.15. The van der Waals surface area contributed by atoms with Crippen LogP contribution in [-0.2, 0) is 0 Å². The molecule has 0 bridgehead atoms. The summed E-state index contributed by atoms with van der Waals surface area (Å²) >= 11 is -0.0237. The van der Waals surface area contributed by atoms with Gasteiger partial charge in [0.1, 0.15) is 0 Å². The Labute approximate surface area is 101 Å². The van der Waals surface area contributed by atoms with Gasteiger partial charge in [-0.1, -0.05) is 43.0 Å². The highest BCUT2D eigenvalue weighted by molar-refractivity contribution is 5.45. The first-order valence-corrected chi connectivity index (χ1v) is 6.96. The second-order valence-corrected chi connectivity index (χ2v) is 6.18. The summed E-state index contributed by atoms with van der Waals surface area (Å²) in [4.78, 5) is 0. The van der Waals surface area contributed by atoms with E-state index in [1.54, 1.807) is 0 Å². The molecule has 0 spiro atoms. The quantitative estimate of drug-likeness (QED) is 0.723. The third kappa shape index (κ3) is 2.93. The number of benzene rings is 2. The van der Waals surface area contributed by atoms with Crippen molar-refractivity contribution in [2.45, 2.75) is 0 Å². The smallest absolute Gasteiger partial charge is 0.0985 e. The lowest BCUT2D eigenvalue weighted by Crippen LogP contribution is -3.61. The minimum Gasteiger partial charge on any atom is -0.0985 e. The van der Waals surface area contributed by atoms with E-state index < -0.39 is 0 Å². The lowest BCUT2D eigenvalue weighted by molar-refractivity contribution is -0.597. The zero-order valence-corrected chi connectivity index (χ0v) is 10.5. The summed E-state index contributed by atoms with van der Waals surface area (Å²) in [7, 11) is 0. The van der Waals surface area contributed by atoms with Crippen LogP contribution < -0.4 is 21.2 Å². The lowest BCUT2D eigenvalue weighted by atomic mass is 10.2. The van der Waals surface area contributed by atoms with Crippen molar-refractivity contribution in [1.82, 2.24) is 0 Å². The molecule has 0 aliphatic heterocycles. The summed E-state index contributed by atoms with van der Waals surface area (Å²) in [6, 6.07) is 19.3. The topological polar surface area (TPSA) is 0 Å². The van der Waals surface area contributed by atoms with Crippen LogP contribution in [0.3, 0.4) is 0 Å². The van der Waals surface area contributed by atoms with Crippen molar-refractivity contribution in [3.63, 3.8) is 0 Å². The summed E-state index contributed by atoms with van der Waals surface area (Å²) in [6.45, 7) is 3.75. The van der Waals surface area contributed by atoms with Gasteiger partial charge in [0.15, 0.2) is 7.14 Å². The Kier molecular flexibility index (Phi) is 3.56. The molecule has 0 aromatic heterocycles. The van der Waals surface area contributed by atoms with Crippen molar-refractivity contribution in [3.8, 4) is 0 Å². The molecule has 0 nitrogen and oxygen atoms in total. The highest BCUT2D eigenvalue weighted by atomic mass is 127. The first kappa shape index (κ1) is 10.4. The van der Waals surface area contributed by atoms with Gasteiger partial charge in [0.25, 0.3) is 0 Å². The van der Waals surface area contributed by atoms with E-state index >= 15 is 0 Å². The molecule has 2 rings (SSSR count). The Balaban J connectivity index is 2.15. The van der Waals surface area contributed by atoms with Gasteiger partial charge in [0, 0.05) is 0 Å². The highest BCUT2D eigenvalue weighted by Gasteiger charge is 2.13. The number of hydrogen-bond acceptors (Lipinski definition) is 0. The van der Waals surface area contributed by atoms with Gasteiger partial charge >= 0.3 is 21.2 Å². The minimum absolute atomic E-state index is 0.0237. The molecule has 0 saturated heterocycles. The highest BCUT2D eigenvalue weighted by Crippen LogP contribution is 1.98. The Morgan fingerprint density at radius 2 is 1.40 bits per heavy atom. The van der Waals surface area contributed by atoms with Crippen LogP contribution in [-0.4, -0.2) is 0 Å². The summed E-state index contributed by atoms with van der Waals surface area (Å²) in [5, 5.41) is 0. The largest absolute Gasteiger partial charge is 0.357 e. The first-order chi connectivity index (χ1) is 7.38. The number of halogens is 1. The van der Waals surface area contributed by atoms with Crippen molar-refractivity contribution < 1.29 is 21.2 Å². The molecule has 0 atom stereocenters. The van der Waals surface area contributed by atoms with E-state index in [9.17, 15) is 0 Å². The van der Waals surface area contributed by atoms with E-state index in [0.717, 1.165) is 0 Å². The van der Waals surface area contributed by atoms with Gasteiger partial charge < -0.3 is 0 Å². The predicted molar refractivity (Wildman–Crippen MR) is 60.4 cm³/mol. The molecule has 74 valence electrons. The molecule has 0 fully saturated rings. The molecule has 0 N–H and O–H groups in total. The molecule has 0 aliphatic rings. The SMILES string of the molecule is C=Cc1ccc([I+]c2ccccc2)cc1. The normalized spacial score (nSPS) is 9.87. The van der Waals surface area contributed by atoms with Crippen LogP contribution in [0.25, 0.3) is 6.08 Å². The predicted octanol–water partition coefficient (Wildman–Crippen LogP) is 0.458. The van der Waals surface area contributed by atoms with Crippen LogP contribution in [0.5, 0.6) is 0 Å². The Morgan fingerprint density at radius 3 is 2.00 bits per heavy atom. The molecule has 0 heterocycles. The van der Waals surface area contributed by atoms with E-state index in [2.05, 4.69) is 61.2 Å². The van der Waals surface area contributed by atoms with E-state index in [0.29, 0.717) is 0 Å². The van der Waals surface area contributed by atoms with Crippen LogP contribution in [0.15, 0.2) is 61.2 Å². The molecule has 2 aromatic carbocycles. The maximum atomic E-state index is 3.75. The summed E-state index contributed by atoms with van der Waals surface area (Å²) in [5.74, 6) is 0. The molecule has 0 saturated carbocycles. The molecule has 15 heavy (non-hydrogen) atoms. The van der Waals surface area contributed by atoms with Crippen molar-refractivity contribution in [3.05, 3.63) is 73.9 Å². The Morgan fingerprint density at radius 1 is 0.800 bits per heavy atom. The average Bonchev–Trinajstić information content (AvgIpc) is 2.31. The average molecular weight is 307 g/mol. The van der Waals surface area contributed by atoms with Crippen LogP contribution in [0.1, 0.15) is 5.56 Å². The maximum Gasteiger partial charge on any atom is 0.357 e. The standard InChI is InChI=1S/C14H12I/c1-2-12-8-10-14(11-9-12)15-13-6-4-3-5-7-13/h2-11H,1H2/q+1. The fourth-order valence-corrected chi connectivity index (χ4v) is 3.48. The van der Waals surface area contributed by atoms with Gasteiger partial charge in [-0.15, -0.1) is 0 Å². The van der Waals surface area contributed by atoms with E-state index in [1.807, 2.05) is 6.08 Å². The second kappa shape index (κ2) is 5.12. The van der Waals surface area contributed by atoms with Crippen LogP contribution in [0.4, 0.5) is 0 Å². The monoisotopic (exact) mass is 307 g/mol. The van der Waals surface area contributed by atoms with E-state index in [1.165, 1.54) is 12.7 Å². The number of hydrogen-bond donors (Lipinski definition) is 0. The van der Waals surface area contributed by atoms with Gasteiger partial charge in [-0.25, -0.2) is 0 Å². The first-order valence-electron chi connectivity index (χ1n) is 4.81. The Bertz CT molecular complexity index is 429. The fourth-order valence-electron chi connectivity index (χ4n) is 1.27. The Hall–Kier alpha value is -1.09. The van der Waals surface area contributed by atoms with Gasteiger partial charge in [-0.2, -0.15) is 0 Å². The van der Waals surface area contributed by atoms with Gasteiger partial charge in [0.05, 0.1) is 0 Å². The number of rotatable bonds is 3. The van der Waals surface area contributed by atoms with Crippen LogP contribution in [0.2, 0.25) is 0 Å². The van der Waals surface area contributed by atoms with Crippen LogP contribution >= 0.6 is 0 Å². The van der Waals surface area contributed by atoms with Crippen LogP contribution in [0, 0.1) is 7.14 Å². The molecular formula is C14H12I+. The summed E-state index contributed by atoms with van der Waals surface area (Å²) in [6.07, 6.45) is 1.88. The van der Waals surface area contributed by atoms with Crippen molar-refractivity contribution in [2.75, 3.05) is 0 Å². The molecule has 2 aromatic rings. The van der Waals surface area contributed by atoms with Crippen molar-refractivity contribution >= 4 is 6.08 Å².